The third-order valence-electron chi connectivity index (χ3n) is 6.88. The summed E-state index contributed by atoms with van der Waals surface area (Å²) in [5, 5.41) is 0. The van der Waals surface area contributed by atoms with Gasteiger partial charge in [-0.15, -0.1) is 0 Å². The minimum Gasteiger partial charge on any atom is -0.266 e. The third-order valence-corrected chi connectivity index (χ3v) is 9.54. The zero-order chi connectivity index (χ0) is 28.4. The van der Waals surface area contributed by atoms with Crippen LogP contribution in [0, 0.1) is 13.8 Å². The maximum Gasteiger partial charge on any atom is 0.296 e. The van der Waals surface area contributed by atoms with E-state index in [2.05, 4.69) is 0 Å². The van der Waals surface area contributed by atoms with E-state index in [9.17, 15) is 16.8 Å². The molecule has 0 heterocycles. The molecule has 0 amide bonds. The fourth-order valence-corrected chi connectivity index (χ4v) is 6.27. The molecule has 0 aliphatic heterocycles. The van der Waals surface area contributed by atoms with Gasteiger partial charge in [0.1, 0.15) is 0 Å². The summed E-state index contributed by atoms with van der Waals surface area (Å²) in [6.07, 6.45) is 17.0. The lowest BCUT2D eigenvalue weighted by atomic mass is 10.0. The molecule has 0 atom stereocenters. The summed E-state index contributed by atoms with van der Waals surface area (Å²) >= 11 is 0. The Kier molecular flexibility index (Phi) is 15.9. The second-order valence-electron chi connectivity index (χ2n) is 10.5. The third kappa shape index (κ3) is 14.5. The zero-order valence-electron chi connectivity index (χ0n) is 23.9. The van der Waals surface area contributed by atoms with Crippen molar-refractivity contribution in [3.63, 3.8) is 0 Å². The van der Waals surface area contributed by atoms with E-state index in [1.807, 2.05) is 13.8 Å². The molecule has 0 fully saturated rings. The normalized spacial score (nSPS) is 12.2. The summed E-state index contributed by atoms with van der Waals surface area (Å²) in [4.78, 5) is 0.450. The molecular formula is C31H48O6S2. The highest BCUT2D eigenvalue weighted by Crippen LogP contribution is 2.17. The summed E-state index contributed by atoms with van der Waals surface area (Å²) in [5.41, 5.74) is 2.05. The highest BCUT2D eigenvalue weighted by molar-refractivity contribution is 7.87. The van der Waals surface area contributed by atoms with Crippen LogP contribution in [0.4, 0.5) is 0 Å². The van der Waals surface area contributed by atoms with Gasteiger partial charge < -0.3 is 0 Å². The molecular weight excluding hydrogens is 532 g/mol. The van der Waals surface area contributed by atoms with Crippen LogP contribution in [-0.4, -0.2) is 30.0 Å². The topological polar surface area (TPSA) is 86.7 Å². The maximum absolute atomic E-state index is 12.1. The van der Waals surface area contributed by atoms with Gasteiger partial charge >= 0.3 is 0 Å². The van der Waals surface area contributed by atoms with Crippen molar-refractivity contribution in [3.05, 3.63) is 59.7 Å². The molecule has 2 aromatic carbocycles. The Morgan fingerprint density at radius 3 is 0.897 bits per heavy atom. The van der Waals surface area contributed by atoms with E-state index in [-0.39, 0.29) is 23.0 Å². The Morgan fingerprint density at radius 2 is 0.641 bits per heavy atom. The highest BCUT2D eigenvalue weighted by atomic mass is 32.2. The molecule has 0 N–H and O–H groups in total. The Labute approximate surface area is 237 Å². The summed E-state index contributed by atoms with van der Waals surface area (Å²) < 4.78 is 58.9. The number of hydrogen-bond donors (Lipinski definition) is 0. The molecule has 6 nitrogen and oxygen atoms in total. The van der Waals surface area contributed by atoms with E-state index in [4.69, 9.17) is 8.37 Å². The lowest BCUT2D eigenvalue weighted by Gasteiger charge is -2.06. The van der Waals surface area contributed by atoms with Crippen molar-refractivity contribution in [2.75, 3.05) is 13.2 Å². The van der Waals surface area contributed by atoms with Gasteiger partial charge in [-0.1, -0.05) is 119 Å². The van der Waals surface area contributed by atoms with Crippen molar-refractivity contribution in [3.8, 4) is 0 Å². The van der Waals surface area contributed by atoms with E-state index < -0.39 is 20.2 Å². The van der Waals surface area contributed by atoms with Crippen molar-refractivity contribution in [1.29, 1.82) is 0 Å². The highest BCUT2D eigenvalue weighted by Gasteiger charge is 2.15. The molecule has 0 aliphatic carbocycles. The summed E-state index contributed by atoms with van der Waals surface area (Å²) in [6.45, 7) is 4.35. The molecule has 2 aromatic rings. The van der Waals surface area contributed by atoms with Gasteiger partial charge in [0.15, 0.2) is 0 Å². The molecule has 0 spiro atoms. The molecule has 0 bridgehead atoms. The van der Waals surface area contributed by atoms with E-state index >= 15 is 0 Å². The van der Waals surface area contributed by atoms with Gasteiger partial charge in [-0.05, 0) is 51.0 Å². The average Bonchev–Trinajstić information content (AvgIpc) is 2.90. The Bertz CT molecular complexity index is 1030. The number of benzene rings is 2. The van der Waals surface area contributed by atoms with E-state index in [0.29, 0.717) is 0 Å². The summed E-state index contributed by atoms with van der Waals surface area (Å²) in [7, 11) is -7.28. The summed E-state index contributed by atoms with van der Waals surface area (Å²) in [6, 6.07) is 13.5. The standard InChI is InChI=1S/C31H48O6S2/c1-28-18-22-30(23-19-28)38(32,33)36-26-16-14-12-10-8-6-4-3-5-7-9-11-13-15-17-27-37-39(34,35)31-24-20-29(2)21-25-31/h18-25H,3-17,26-27H2,1-2H3. The van der Waals surface area contributed by atoms with Gasteiger partial charge in [0.25, 0.3) is 20.2 Å². The predicted octanol–water partition coefficient (Wildman–Crippen LogP) is 8.27. The van der Waals surface area contributed by atoms with Gasteiger partial charge in [-0.3, -0.25) is 8.37 Å². The molecule has 220 valence electrons. The van der Waals surface area contributed by atoms with E-state index in [0.717, 1.165) is 49.7 Å². The molecule has 0 unspecified atom stereocenters. The quantitative estimate of drug-likeness (QED) is 0.103. The van der Waals surface area contributed by atoms with Crippen LogP contribution in [0.25, 0.3) is 0 Å². The van der Waals surface area contributed by atoms with Crippen molar-refractivity contribution >= 4 is 20.2 Å². The SMILES string of the molecule is Cc1ccc(S(=O)(=O)OCCCCCCCCCCCCCCCCCOS(=O)(=O)c2ccc(C)cc2)cc1. The monoisotopic (exact) mass is 580 g/mol. The molecule has 0 saturated carbocycles. The number of unbranched alkanes of at least 4 members (excludes halogenated alkanes) is 14. The molecule has 0 aliphatic rings. The summed E-state index contributed by atoms with van der Waals surface area (Å²) in [5.74, 6) is 0. The van der Waals surface area contributed by atoms with E-state index in [1.54, 1.807) is 48.5 Å². The molecule has 39 heavy (non-hydrogen) atoms. The molecule has 8 heteroatoms. The Morgan fingerprint density at radius 1 is 0.410 bits per heavy atom. The van der Waals surface area contributed by atoms with Crippen LogP contribution in [0.3, 0.4) is 0 Å². The fourth-order valence-electron chi connectivity index (χ4n) is 4.39. The van der Waals surface area contributed by atoms with Gasteiger partial charge in [0, 0.05) is 0 Å². The van der Waals surface area contributed by atoms with Crippen molar-refractivity contribution in [1.82, 2.24) is 0 Å². The minimum absolute atomic E-state index is 0.225. The first kappa shape index (κ1) is 33.5. The lowest BCUT2D eigenvalue weighted by Crippen LogP contribution is -2.07. The van der Waals surface area contributed by atoms with Crippen LogP contribution in [0.1, 0.15) is 107 Å². The molecule has 0 saturated heterocycles. The average molecular weight is 581 g/mol. The maximum atomic E-state index is 12.1. The second-order valence-corrected chi connectivity index (χ2v) is 13.7. The van der Waals surface area contributed by atoms with Crippen LogP contribution in [-0.2, 0) is 28.6 Å². The van der Waals surface area contributed by atoms with Crippen LogP contribution < -0.4 is 0 Å². The molecule has 0 radical (unpaired) electrons. The lowest BCUT2D eigenvalue weighted by molar-refractivity contribution is 0.305. The Hall–Kier alpha value is -1.74. The first-order valence-corrected chi connectivity index (χ1v) is 17.4. The van der Waals surface area contributed by atoms with Gasteiger partial charge in [-0.25, -0.2) is 0 Å². The fraction of sp³-hybridized carbons (Fsp3) is 0.613. The van der Waals surface area contributed by atoms with Gasteiger partial charge in [0.2, 0.25) is 0 Å². The van der Waals surface area contributed by atoms with Crippen molar-refractivity contribution < 1.29 is 25.2 Å². The first-order chi connectivity index (χ1) is 18.7. The number of aryl methyl sites for hydroxylation is 2. The molecule has 0 aromatic heterocycles. The van der Waals surface area contributed by atoms with Crippen LogP contribution in [0.5, 0.6) is 0 Å². The smallest absolute Gasteiger partial charge is 0.266 e. The van der Waals surface area contributed by atoms with Crippen molar-refractivity contribution in [2.24, 2.45) is 0 Å². The number of hydrogen-bond acceptors (Lipinski definition) is 6. The van der Waals surface area contributed by atoms with E-state index in [1.165, 1.54) is 57.8 Å². The van der Waals surface area contributed by atoms with Crippen LogP contribution in [0.2, 0.25) is 0 Å². The largest absolute Gasteiger partial charge is 0.296 e. The molecule has 2 rings (SSSR count). The predicted molar refractivity (Wildman–Crippen MR) is 158 cm³/mol. The second kappa shape index (κ2) is 18.6. The van der Waals surface area contributed by atoms with Crippen LogP contribution in [0.15, 0.2) is 58.3 Å². The van der Waals surface area contributed by atoms with Gasteiger partial charge in [-0.2, -0.15) is 16.8 Å². The van der Waals surface area contributed by atoms with Gasteiger partial charge in [0.05, 0.1) is 23.0 Å². The first-order valence-electron chi connectivity index (χ1n) is 14.6. The Balaban J connectivity index is 1.32. The van der Waals surface area contributed by atoms with Crippen LogP contribution >= 0.6 is 0 Å². The zero-order valence-corrected chi connectivity index (χ0v) is 25.5. The minimum atomic E-state index is -3.64. The number of rotatable bonds is 22. The van der Waals surface area contributed by atoms with Crippen molar-refractivity contribution in [2.45, 2.75) is 120 Å².